The third-order valence-corrected chi connectivity index (χ3v) is 4.88. The number of aromatic nitrogens is 2. The van der Waals surface area contributed by atoms with Crippen LogP contribution < -0.4 is 4.74 Å². The molecule has 3 aromatic rings. The molecule has 2 aromatic carbocycles. The molecule has 1 aliphatic rings. The van der Waals surface area contributed by atoms with E-state index < -0.39 is 5.60 Å². The first kappa shape index (κ1) is 16.6. The van der Waals surface area contributed by atoms with E-state index in [-0.39, 0.29) is 19.1 Å². The van der Waals surface area contributed by atoms with Crippen molar-refractivity contribution in [1.29, 1.82) is 0 Å². The number of carbonyl (C=O) groups is 1. The molecule has 1 aliphatic heterocycles. The summed E-state index contributed by atoms with van der Waals surface area (Å²) in [6.45, 7) is 2.91. The molecule has 0 aliphatic carbocycles. The molecule has 1 amide bonds. The van der Waals surface area contributed by atoms with Crippen LogP contribution in [0.1, 0.15) is 22.3 Å². The fraction of sp³-hybridized carbons (Fsp3) is 0.300. The Hall–Kier alpha value is -2.86. The summed E-state index contributed by atoms with van der Waals surface area (Å²) in [4.78, 5) is 21.6. The molecule has 0 spiro atoms. The maximum absolute atomic E-state index is 12.8. The Morgan fingerprint density at radius 3 is 3.04 bits per heavy atom. The Morgan fingerprint density at radius 2 is 2.19 bits per heavy atom. The first-order valence-electron chi connectivity index (χ1n) is 8.67. The Morgan fingerprint density at radius 1 is 1.35 bits per heavy atom. The maximum atomic E-state index is 12.8. The number of aryl methyl sites for hydroxylation is 1. The van der Waals surface area contributed by atoms with Crippen molar-refractivity contribution in [3.63, 3.8) is 0 Å². The van der Waals surface area contributed by atoms with E-state index in [0.29, 0.717) is 18.5 Å². The number of ether oxygens (including phenoxy) is 1. The number of nitrogens with one attached hydrogen (secondary N) is 1. The molecule has 4 rings (SSSR count). The van der Waals surface area contributed by atoms with Gasteiger partial charge in [-0.1, -0.05) is 18.2 Å². The highest BCUT2D eigenvalue weighted by atomic mass is 16.5. The summed E-state index contributed by atoms with van der Waals surface area (Å²) in [6, 6.07) is 13.1. The Bertz CT molecular complexity index is 952. The quantitative estimate of drug-likeness (QED) is 0.757. The monoisotopic (exact) mass is 351 g/mol. The minimum absolute atomic E-state index is 0.0895. The summed E-state index contributed by atoms with van der Waals surface area (Å²) < 4.78 is 5.80. The number of H-pyrrole nitrogens is 1. The van der Waals surface area contributed by atoms with Crippen LogP contribution in [0.2, 0.25) is 0 Å². The lowest BCUT2D eigenvalue weighted by Gasteiger charge is -2.24. The molecule has 0 bridgehead atoms. The number of benzene rings is 2. The zero-order valence-corrected chi connectivity index (χ0v) is 14.6. The highest BCUT2D eigenvalue weighted by Gasteiger charge is 2.39. The van der Waals surface area contributed by atoms with Gasteiger partial charge in [0.2, 0.25) is 0 Å². The normalized spacial score (nSPS) is 19.8. The maximum Gasteiger partial charge on any atom is 0.254 e. The smallest absolute Gasteiger partial charge is 0.254 e. The van der Waals surface area contributed by atoms with Gasteiger partial charge in [-0.05, 0) is 43.2 Å². The zero-order valence-electron chi connectivity index (χ0n) is 14.6. The predicted octanol–water partition coefficient (Wildman–Crippen LogP) is 2.53. The van der Waals surface area contributed by atoms with Gasteiger partial charge in [0.15, 0.2) is 0 Å². The Kier molecular flexibility index (Phi) is 4.12. The third-order valence-electron chi connectivity index (χ3n) is 4.88. The average molecular weight is 351 g/mol. The number of aliphatic hydroxyl groups is 1. The molecule has 1 saturated heterocycles. The molecule has 26 heavy (non-hydrogen) atoms. The van der Waals surface area contributed by atoms with E-state index in [9.17, 15) is 9.90 Å². The molecular weight excluding hydrogens is 330 g/mol. The second kappa shape index (κ2) is 6.46. The molecule has 1 atom stereocenters. The van der Waals surface area contributed by atoms with Gasteiger partial charge in [-0.15, -0.1) is 0 Å². The number of imidazole rings is 1. The minimum atomic E-state index is -1.03. The van der Waals surface area contributed by atoms with Crippen molar-refractivity contribution >= 4 is 16.9 Å². The van der Waals surface area contributed by atoms with Crippen LogP contribution in [-0.2, 0) is 0 Å². The second-order valence-corrected chi connectivity index (χ2v) is 6.89. The third kappa shape index (κ3) is 3.15. The minimum Gasteiger partial charge on any atom is -0.490 e. The fourth-order valence-corrected chi connectivity index (χ4v) is 3.33. The van der Waals surface area contributed by atoms with Gasteiger partial charge in [-0.25, -0.2) is 4.98 Å². The van der Waals surface area contributed by atoms with E-state index in [1.54, 1.807) is 23.4 Å². The number of rotatable bonds is 4. The van der Waals surface area contributed by atoms with E-state index >= 15 is 0 Å². The van der Waals surface area contributed by atoms with Gasteiger partial charge in [0.1, 0.15) is 18.0 Å². The van der Waals surface area contributed by atoms with Crippen molar-refractivity contribution in [2.24, 2.45) is 0 Å². The van der Waals surface area contributed by atoms with Crippen LogP contribution in [0.25, 0.3) is 11.0 Å². The lowest BCUT2D eigenvalue weighted by atomic mass is 10.1. The van der Waals surface area contributed by atoms with Crippen molar-refractivity contribution in [3.8, 4) is 5.75 Å². The highest BCUT2D eigenvalue weighted by Crippen LogP contribution is 2.26. The van der Waals surface area contributed by atoms with Crippen LogP contribution in [-0.4, -0.2) is 51.2 Å². The first-order chi connectivity index (χ1) is 12.5. The van der Waals surface area contributed by atoms with E-state index in [2.05, 4.69) is 9.97 Å². The van der Waals surface area contributed by atoms with Crippen molar-refractivity contribution in [2.75, 3.05) is 19.7 Å². The number of hydrogen-bond donors (Lipinski definition) is 2. The van der Waals surface area contributed by atoms with Gasteiger partial charge in [0.25, 0.3) is 5.91 Å². The molecule has 0 unspecified atom stereocenters. The van der Waals surface area contributed by atoms with Crippen LogP contribution in [0.15, 0.2) is 48.8 Å². The highest BCUT2D eigenvalue weighted by molar-refractivity contribution is 5.97. The number of amides is 1. The second-order valence-electron chi connectivity index (χ2n) is 6.89. The van der Waals surface area contributed by atoms with Gasteiger partial charge >= 0.3 is 0 Å². The predicted molar refractivity (Wildman–Crippen MR) is 98.2 cm³/mol. The Balaban J connectivity index is 1.43. The standard InChI is InChI=1S/C20H21N3O3/c1-14-4-2-3-5-18(14)26-12-20(25)8-9-23(11-20)19(24)15-6-7-16-17(10-15)22-13-21-16/h2-7,10,13,25H,8-9,11-12H2,1H3,(H,21,22)/t20-/m0/s1. The van der Waals surface area contributed by atoms with E-state index in [1.165, 1.54) is 0 Å². The van der Waals surface area contributed by atoms with Crippen LogP contribution >= 0.6 is 0 Å². The van der Waals surface area contributed by atoms with Crippen molar-refractivity contribution in [3.05, 3.63) is 59.9 Å². The number of likely N-dealkylation sites (tertiary alicyclic amines) is 1. The molecule has 0 radical (unpaired) electrons. The van der Waals surface area contributed by atoms with Gasteiger partial charge in [0.05, 0.1) is 23.9 Å². The number of carbonyl (C=O) groups excluding carboxylic acids is 1. The van der Waals surface area contributed by atoms with Gasteiger partial charge in [-0.2, -0.15) is 0 Å². The topological polar surface area (TPSA) is 78.5 Å². The number of hydrogen-bond acceptors (Lipinski definition) is 4. The average Bonchev–Trinajstić information content (AvgIpc) is 3.27. The molecule has 6 nitrogen and oxygen atoms in total. The van der Waals surface area contributed by atoms with Gasteiger partial charge in [-0.3, -0.25) is 4.79 Å². The largest absolute Gasteiger partial charge is 0.490 e. The molecule has 2 heterocycles. The van der Waals surface area contributed by atoms with E-state index in [4.69, 9.17) is 4.74 Å². The summed E-state index contributed by atoms with van der Waals surface area (Å²) in [6.07, 6.45) is 2.10. The molecule has 1 fully saturated rings. The molecule has 1 aromatic heterocycles. The molecule has 134 valence electrons. The summed E-state index contributed by atoms with van der Waals surface area (Å²) >= 11 is 0. The molecular formula is C20H21N3O3. The SMILES string of the molecule is Cc1ccccc1OC[C@]1(O)CCN(C(=O)c2ccc3nc[nH]c3c2)C1. The van der Waals surface area contributed by atoms with Crippen LogP contribution in [0.4, 0.5) is 0 Å². The number of nitrogens with zero attached hydrogens (tertiary/aromatic N) is 2. The van der Waals surface area contributed by atoms with Crippen LogP contribution in [0.5, 0.6) is 5.75 Å². The number of fused-ring (bicyclic) bond motifs is 1. The summed E-state index contributed by atoms with van der Waals surface area (Å²) in [7, 11) is 0. The molecule has 2 N–H and O–H groups in total. The van der Waals surface area contributed by atoms with Crippen molar-refractivity contribution in [2.45, 2.75) is 18.9 Å². The summed E-state index contributed by atoms with van der Waals surface area (Å²) in [5.74, 6) is 0.670. The lowest BCUT2D eigenvalue weighted by molar-refractivity contribution is 0.00413. The van der Waals surface area contributed by atoms with Crippen LogP contribution in [0, 0.1) is 6.92 Å². The molecule has 6 heteroatoms. The first-order valence-corrected chi connectivity index (χ1v) is 8.67. The number of para-hydroxylation sites is 1. The Labute approximate surface area is 151 Å². The van der Waals surface area contributed by atoms with Gasteiger partial charge in [0, 0.05) is 12.1 Å². The van der Waals surface area contributed by atoms with E-state index in [0.717, 1.165) is 22.3 Å². The lowest BCUT2D eigenvalue weighted by Crippen LogP contribution is -2.40. The van der Waals surface area contributed by atoms with Crippen molar-refractivity contribution < 1.29 is 14.6 Å². The van der Waals surface area contributed by atoms with Crippen LogP contribution in [0.3, 0.4) is 0 Å². The fourth-order valence-electron chi connectivity index (χ4n) is 3.33. The summed E-state index contributed by atoms with van der Waals surface area (Å²) in [5, 5.41) is 10.8. The zero-order chi connectivity index (χ0) is 18.1. The molecule has 0 saturated carbocycles. The van der Waals surface area contributed by atoms with Crippen molar-refractivity contribution in [1.82, 2.24) is 14.9 Å². The number of β-amino-alcohol motifs (C(OH)–C–C–N with tert-alkyl or cyclic N) is 1. The number of aromatic amines is 1. The summed E-state index contributed by atoms with van der Waals surface area (Å²) in [5.41, 5.74) is 2.23. The van der Waals surface area contributed by atoms with E-state index in [1.807, 2.05) is 37.3 Å². The van der Waals surface area contributed by atoms with Gasteiger partial charge < -0.3 is 19.7 Å².